The zero-order valence-electron chi connectivity index (χ0n) is 14.0. The molecule has 0 radical (unpaired) electrons. The molecule has 23 heavy (non-hydrogen) atoms. The van der Waals surface area contributed by atoms with Crippen LogP contribution in [0.5, 0.6) is 11.5 Å². The molecule has 3 atom stereocenters. The summed E-state index contributed by atoms with van der Waals surface area (Å²) in [5.74, 6) is 1.27. The highest BCUT2D eigenvalue weighted by atomic mass is 17.1. The van der Waals surface area contributed by atoms with Gasteiger partial charge in [-0.05, 0) is 63.9 Å². The molecule has 5 nitrogen and oxygen atoms in total. The minimum absolute atomic E-state index is 0.0232. The number of nitrogens with zero attached hydrogens (tertiary/aromatic N) is 1. The number of carbonyl (C=O) groups is 1. The van der Waals surface area contributed by atoms with E-state index in [2.05, 4.69) is 16.8 Å². The van der Waals surface area contributed by atoms with Crippen LogP contribution >= 0.6 is 0 Å². The summed E-state index contributed by atoms with van der Waals surface area (Å²) in [5, 5.41) is 8.96. The van der Waals surface area contributed by atoms with E-state index in [9.17, 15) is 4.79 Å². The van der Waals surface area contributed by atoms with Gasteiger partial charge in [0.05, 0.1) is 7.11 Å². The van der Waals surface area contributed by atoms with Crippen LogP contribution in [-0.4, -0.2) is 42.7 Å². The van der Waals surface area contributed by atoms with Gasteiger partial charge in [0.2, 0.25) is 5.75 Å². The first kappa shape index (κ1) is 16.3. The second-order valence-electron chi connectivity index (χ2n) is 6.95. The molecule has 1 aromatic rings. The quantitative estimate of drug-likeness (QED) is 0.683. The molecule has 5 heteroatoms. The second kappa shape index (κ2) is 6.13. The predicted octanol–water partition coefficient (Wildman–Crippen LogP) is 2.88. The largest absolute Gasteiger partial charge is 0.493 e. The first-order chi connectivity index (χ1) is 11.0. The number of rotatable bonds is 4. The molecule has 3 rings (SSSR count). The second-order valence-corrected chi connectivity index (χ2v) is 6.95. The van der Waals surface area contributed by atoms with Crippen molar-refractivity contribution in [3.63, 3.8) is 0 Å². The molecule has 1 saturated carbocycles. The van der Waals surface area contributed by atoms with E-state index in [1.807, 2.05) is 12.1 Å². The number of benzene rings is 1. The zero-order chi connectivity index (χ0) is 16.6. The average molecular weight is 319 g/mol. The molecule has 126 valence electrons. The molecule has 0 spiro atoms. The molecular formula is C18H25NO4. The number of ketones is 1. The van der Waals surface area contributed by atoms with Crippen molar-refractivity contribution in [1.82, 2.24) is 4.90 Å². The lowest BCUT2D eigenvalue weighted by Crippen LogP contribution is -2.47. The van der Waals surface area contributed by atoms with Crippen LogP contribution in [0.15, 0.2) is 18.2 Å². The Balaban J connectivity index is 2.03. The van der Waals surface area contributed by atoms with Crippen molar-refractivity contribution in [3.05, 3.63) is 23.8 Å². The molecule has 0 amide bonds. The van der Waals surface area contributed by atoms with Crippen molar-refractivity contribution in [2.75, 3.05) is 20.7 Å². The van der Waals surface area contributed by atoms with Crippen LogP contribution in [0.1, 0.15) is 38.2 Å². The summed E-state index contributed by atoms with van der Waals surface area (Å²) < 4.78 is 5.35. The van der Waals surface area contributed by atoms with Crippen LogP contribution < -0.4 is 9.62 Å². The van der Waals surface area contributed by atoms with E-state index < -0.39 is 0 Å². The third kappa shape index (κ3) is 2.62. The summed E-state index contributed by atoms with van der Waals surface area (Å²) >= 11 is 0. The number of ether oxygens (including phenoxy) is 1. The summed E-state index contributed by atoms with van der Waals surface area (Å²) in [6.45, 7) is 2.75. The lowest BCUT2D eigenvalue weighted by Gasteiger charge is -2.44. The highest BCUT2D eigenvalue weighted by Crippen LogP contribution is 2.51. The van der Waals surface area contributed by atoms with Crippen LogP contribution in [0, 0.1) is 5.92 Å². The summed E-state index contributed by atoms with van der Waals surface area (Å²) in [6, 6.07) is 6.15. The van der Waals surface area contributed by atoms with Gasteiger partial charge < -0.3 is 14.5 Å². The fourth-order valence-corrected chi connectivity index (χ4v) is 4.61. The Morgan fingerprint density at radius 1 is 1.35 bits per heavy atom. The highest BCUT2D eigenvalue weighted by molar-refractivity contribution is 5.78. The number of methoxy groups -OCH3 is 1. The number of hydrogen-bond acceptors (Lipinski definition) is 5. The third-order valence-corrected chi connectivity index (χ3v) is 5.89. The lowest BCUT2D eigenvalue weighted by atomic mass is 9.62. The van der Waals surface area contributed by atoms with Crippen LogP contribution in [0.25, 0.3) is 0 Å². The third-order valence-electron chi connectivity index (χ3n) is 5.89. The van der Waals surface area contributed by atoms with Crippen molar-refractivity contribution in [1.29, 1.82) is 0 Å². The maximum atomic E-state index is 12.0. The van der Waals surface area contributed by atoms with Crippen molar-refractivity contribution in [2.45, 2.75) is 44.1 Å². The molecule has 1 N–H and O–H groups in total. The van der Waals surface area contributed by atoms with Gasteiger partial charge in [-0.25, -0.2) is 5.26 Å². The maximum Gasteiger partial charge on any atom is 0.206 e. The van der Waals surface area contributed by atoms with E-state index in [4.69, 9.17) is 9.99 Å². The normalized spacial score (nSPS) is 30.8. The number of Topliss-reactive ketones (excluding diaryl/α,β-unsaturated/α-hetero) is 1. The fourth-order valence-electron chi connectivity index (χ4n) is 4.61. The topological polar surface area (TPSA) is 59.0 Å². The lowest BCUT2D eigenvalue weighted by molar-refractivity contribution is -0.139. The van der Waals surface area contributed by atoms with Gasteiger partial charge in [-0.15, -0.1) is 0 Å². The monoisotopic (exact) mass is 319 g/mol. The van der Waals surface area contributed by atoms with E-state index in [1.165, 1.54) is 5.56 Å². The summed E-state index contributed by atoms with van der Waals surface area (Å²) in [4.78, 5) is 18.8. The first-order valence-electron chi connectivity index (χ1n) is 8.22. The number of hydrogen-bond donors (Lipinski definition) is 1. The minimum Gasteiger partial charge on any atom is -0.493 e. The molecular weight excluding hydrogens is 294 g/mol. The summed E-state index contributed by atoms with van der Waals surface area (Å²) in [6.07, 6.45) is 3.95. The molecule has 2 unspecified atom stereocenters. The maximum absolute atomic E-state index is 12.0. The van der Waals surface area contributed by atoms with Crippen molar-refractivity contribution >= 4 is 5.78 Å². The van der Waals surface area contributed by atoms with E-state index in [1.54, 1.807) is 20.1 Å². The summed E-state index contributed by atoms with van der Waals surface area (Å²) in [7, 11) is 3.74. The van der Waals surface area contributed by atoms with E-state index in [0.29, 0.717) is 23.3 Å². The molecule has 2 aliphatic rings. The summed E-state index contributed by atoms with van der Waals surface area (Å²) in [5.41, 5.74) is 1.15. The van der Waals surface area contributed by atoms with Crippen LogP contribution in [0.4, 0.5) is 0 Å². The van der Waals surface area contributed by atoms with Crippen LogP contribution in [0.3, 0.4) is 0 Å². The van der Waals surface area contributed by atoms with Gasteiger partial charge in [0.1, 0.15) is 5.78 Å². The Kier molecular flexibility index (Phi) is 4.34. The first-order valence-corrected chi connectivity index (χ1v) is 8.22. The van der Waals surface area contributed by atoms with Gasteiger partial charge in [0.25, 0.3) is 0 Å². The Morgan fingerprint density at radius 2 is 2.13 bits per heavy atom. The molecule has 1 aliphatic carbocycles. The van der Waals surface area contributed by atoms with Crippen molar-refractivity contribution < 1.29 is 19.7 Å². The number of fused-ring (bicyclic) bond motifs is 1. The van der Waals surface area contributed by atoms with Crippen LogP contribution in [-0.2, 0) is 10.2 Å². The van der Waals surface area contributed by atoms with Gasteiger partial charge in [-0.1, -0.05) is 6.07 Å². The molecule has 0 bridgehead atoms. The molecule has 2 fully saturated rings. The van der Waals surface area contributed by atoms with E-state index in [0.717, 1.165) is 32.2 Å². The molecule has 0 aromatic heterocycles. The minimum atomic E-state index is -0.0232. The Labute approximate surface area is 137 Å². The molecule has 1 saturated heterocycles. The average Bonchev–Trinajstić information content (AvgIpc) is 2.91. The van der Waals surface area contributed by atoms with E-state index in [-0.39, 0.29) is 11.3 Å². The van der Waals surface area contributed by atoms with E-state index >= 15 is 0 Å². The Morgan fingerprint density at radius 3 is 2.78 bits per heavy atom. The molecule has 1 aromatic carbocycles. The van der Waals surface area contributed by atoms with Crippen molar-refractivity contribution in [3.8, 4) is 11.5 Å². The standard InChI is InChI=1S/C18H25NO4/c1-12(20)13-4-7-17-18(11-13,8-9-19(17)2)14-5-6-15(23-21)16(10-14)22-3/h5-6,10,13,17,21H,4,7-9,11H2,1-3H3/t13?,17?,18-/m1/s1. The highest BCUT2D eigenvalue weighted by Gasteiger charge is 2.51. The molecule has 1 aliphatic heterocycles. The number of likely N-dealkylation sites (N-methyl/N-ethyl adjacent to an activating group) is 1. The van der Waals surface area contributed by atoms with Crippen LogP contribution in [0.2, 0.25) is 0 Å². The number of likely N-dealkylation sites (tertiary alicyclic amines) is 1. The SMILES string of the molecule is COc1cc([C@]23CCN(C)C2CCC(C(C)=O)C3)ccc1OO. The van der Waals surface area contributed by atoms with Gasteiger partial charge in [0, 0.05) is 17.4 Å². The number of carbonyl (C=O) groups excluding carboxylic acids is 1. The van der Waals surface area contributed by atoms with Gasteiger partial charge >= 0.3 is 0 Å². The predicted molar refractivity (Wildman–Crippen MR) is 87.0 cm³/mol. The Hall–Kier alpha value is -1.59. The van der Waals surface area contributed by atoms with Gasteiger partial charge in [-0.3, -0.25) is 4.79 Å². The smallest absolute Gasteiger partial charge is 0.206 e. The van der Waals surface area contributed by atoms with Gasteiger partial charge in [0.15, 0.2) is 5.75 Å². The zero-order valence-corrected chi connectivity index (χ0v) is 14.0. The molecule has 1 heterocycles. The van der Waals surface area contributed by atoms with Crippen molar-refractivity contribution in [2.24, 2.45) is 5.92 Å². The fraction of sp³-hybridized carbons (Fsp3) is 0.611. The Bertz CT molecular complexity index is 603. The van der Waals surface area contributed by atoms with Gasteiger partial charge in [-0.2, -0.15) is 0 Å².